The third-order valence-corrected chi connectivity index (χ3v) is 5.70. The van der Waals surface area contributed by atoms with E-state index in [-0.39, 0.29) is 11.3 Å². The molecule has 2 heterocycles. The van der Waals surface area contributed by atoms with E-state index >= 15 is 0 Å². The summed E-state index contributed by atoms with van der Waals surface area (Å²) in [7, 11) is 3.23. The molecule has 2 aromatic carbocycles. The van der Waals surface area contributed by atoms with Gasteiger partial charge in [0.15, 0.2) is 11.6 Å². The first kappa shape index (κ1) is 19.1. The number of rotatable bonds is 3. The standard InChI is InChI=1S/C22H21F2N3O2/c1-12(27(3)22(29)20-8-13-6-4-5-7-19(13)25-20)16-11-26(2)21(28)15-10-18(24)17(23)9-14(15)16/h4-7,9-12,20,25H,8H2,1-3H3/t12-,20+/m1/s1. The quantitative estimate of drug-likeness (QED) is 0.737. The minimum Gasteiger partial charge on any atom is -0.373 e. The zero-order chi connectivity index (χ0) is 20.9. The number of amides is 1. The van der Waals surface area contributed by atoms with Crippen molar-refractivity contribution in [2.75, 3.05) is 12.4 Å². The van der Waals surface area contributed by atoms with Crippen molar-refractivity contribution >= 4 is 22.4 Å². The summed E-state index contributed by atoms with van der Waals surface area (Å²) in [5.74, 6) is -2.21. The van der Waals surface area contributed by atoms with Crippen molar-refractivity contribution in [1.82, 2.24) is 9.47 Å². The Morgan fingerprint density at radius 2 is 1.86 bits per heavy atom. The summed E-state index contributed by atoms with van der Waals surface area (Å²) >= 11 is 0. The van der Waals surface area contributed by atoms with E-state index < -0.39 is 29.3 Å². The molecule has 1 amide bonds. The first-order chi connectivity index (χ1) is 13.8. The number of likely N-dealkylation sites (N-methyl/N-ethyl adjacent to an activating group) is 1. The van der Waals surface area contributed by atoms with Crippen molar-refractivity contribution in [1.29, 1.82) is 0 Å². The molecule has 0 saturated heterocycles. The van der Waals surface area contributed by atoms with Gasteiger partial charge in [0.05, 0.1) is 11.4 Å². The summed E-state index contributed by atoms with van der Waals surface area (Å²) in [5.41, 5.74) is 2.18. The van der Waals surface area contributed by atoms with Crippen LogP contribution in [0.1, 0.15) is 24.1 Å². The van der Waals surface area contributed by atoms with Gasteiger partial charge in [-0.2, -0.15) is 0 Å². The fourth-order valence-corrected chi connectivity index (χ4v) is 3.91. The molecule has 0 bridgehead atoms. The highest BCUT2D eigenvalue weighted by atomic mass is 19.2. The van der Waals surface area contributed by atoms with Gasteiger partial charge in [-0.05, 0) is 41.6 Å². The Morgan fingerprint density at radius 3 is 2.55 bits per heavy atom. The average Bonchev–Trinajstić information content (AvgIpc) is 3.15. The van der Waals surface area contributed by atoms with Gasteiger partial charge in [-0.3, -0.25) is 9.59 Å². The van der Waals surface area contributed by atoms with E-state index in [1.165, 1.54) is 4.57 Å². The zero-order valence-corrected chi connectivity index (χ0v) is 16.4. The fourth-order valence-electron chi connectivity index (χ4n) is 3.91. The van der Waals surface area contributed by atoms with Crippen LogP contribution in [0.3, 0.4) is 0 Å². The Hall–Kier alpha value is -3.22. The molecule has 150 valence electrons. The summed E-state index contributed by atoms with van der Waals surface area (Å²) in [5, 5.41) is 3.63. The van der Waals surface area contributed by atoms with Crippen LogP contribution in [0.25, 0.3) is 10.8 Å². The van der Waals surface area contributed by atoms with Crippen LogP contribution in [0, 0.1) is 11.6 Å². The van der Waals surface area contributed by atoms with Gasteiger partial charge in [-0.25, -0.2) is 8.78 Å². The number of aromatic nitrogens is 1. The monoisotopic (exact) mass is 397 g/mol. The number of nitrogens with one attached hydrogen (secondary N) is 1. The van der Waals surface area contributed by atoms with Crippen LogP contribution in [0.4, 0.5) is 14.5 Å². The number of anilines is 1. The molecule has 5 nitrogen and oxygen atoms in total. The predicted molar refractivity (Wildman–Crippen MR) is 108 cm³/mol. The number of hydrogen-bond donors (Lipinski definition) is 1. The molecule has 1 aromatic heterocycles. The fraction of sp³-hybridized carbons (Fsp3) is 0.273. The minimum absolute atomic E-state index is 0.0861. The maximum atomic E-state index is 13.9. The molecular formula is C22H21F2N3O2. The molecule has 3 aromatic rings. The second kappa shape index (κ2) is 6.99. The molecule has 0 unspecified atom stereocenters. The number of hydrogen-bond acceptors (Lipinski definition) is 3. The minimum atomic E-state index is -1.07. The van der Waals surface area contributed by atoms with Crippen LogP contribution in [-0.4, -0.2) is 28.5 Å². The van der Waals surface area contributed by atoms with E-state index in [1.807, 2.05) is 24.3 Å². The summed E-state index contributed by atoms with van der Waals surface area (Å²) in [6.07, 6.45) is 2.16. The smallest absolute Gasteiger partial charge is 0.258 e. The van der Waals surface area contributed by atoms with E-state index in [4.69, 9.17) is 0 Å². The topological polar surface area (TPSA) is 54.3 Å². The number of pyridine rings is 1. The second-order valence-electron chi connectivity index (χ2n) is 7.50. The van der Waals surface area contributed by atoms with Gasteiger partial charge >= 0.3 is 0 Å². The Balaban J connectivity index is 1.69. The molecule has 0 spiro atoms. The summed E-state index contributed by atoms with van der Waals surface area (Å²) < 4.78 is 29.0. The van der Waals surface area contributed by atoms with Crippen molar-refractivity contribution in [3.05, 3.63) is 75.7 Å². The lowest BCUT2D eigenvalue weighted by Crippen LogP contribution is -2.41. The van der Waals surface area contributed by atoms with Gasteiger partial charge < -0.3 is 14.8 Å². The maximum Gasteiger partial charge on any atom is 0.258 e. The van der Waals surface area contributed by atoms with E-state index in [9.17, 15) is 18.4 Å². The van der Waals surface area contributed by atoms with E-state index in [0.29, 0.717) is 17.4 Å². The first-order valence-corrected chi connectivity index (χ1v) is 9.37. The lowest BCUT2D eigenvalue weighted by Gasteiger charge is -2.29. The Morgan fingerprint density at radius 1 is 1.21 bits per heavy atom. The number of aryl methyl sites for hydroxylation is 1. The third kappa shape index (κ3) is 3.16. The number of carbonyl (C=O) groups is 1. The number of nitrogens with zero attached hydrogens (tertiary/aromatic N) is 2. The number of para-hydroxylation sites is 1. The Kier molecular flexibility index (Phi) is 4.61. The van der Waals surface area contributed by atoms with Crippen molar-refractivity contribution in [3.8, 4) is 0 Å². The average molecular weight is 397 g/mol. The van der Waals surface area contributed by atoms with Crippen LogP contribution < -0.4 is 10.9 Å². The number of carbonyl (C=O) groups excluding carboxylic acids is 1. The van der Waals surface area contributed by atoms with Gasteiger partial charge in [0.2, 0.25) is 5.91 Å². The van der Waals surface area contributed by atoms with E-state index in [0.717, 1.165) is 23.4 Å². The largest absolute Gasteiger partial charge is 0.373 e. The van der Waals surface area contributed by atoms with Crippen LogP contribution in [0.15, 0.2) is 47.4 Å². The molecule has 29 heavy (non-hydrogen) atoms. The first-order valence-electron chi connectivity index (χ1n) is 9.37. The molecule has 0 aliphatic carbocycles. The van der Waals surface area contributed by atoms with Gasteiger partial charge in [0, 0.05) is 32.4 Å². The van der Waals surface area contributed by atoms with Crippen LogP contribution in [-0.2, 0) is 18.3 Å². The van der Waals surface area contributed by atoms with Gasteiger partial charge in [-0.15, -0.1) is 0 Å². The van der Waals surface area contributed by atoms with Gasteiger partial charge in [0.1, 0.15) is 6.04 Å². The number of benzene rings is 2. The molecule has 0 saturated carbocycles. The van der Waals surface area contributed by atoms with Crippen LogP contribution in [0.5, 0.6) is 0 Å². The normalized spacial score (nSPS) is 16.4. The molecule has 4 rings (SSSR count). The van der Waals surface area contributed by atoms with Crippen molar-refractivity contribution in [3.63, 3.8) is 0 Å². The molecule has 1 aliphatic rings. The van der Waals surface area contributed by atoms with Crippen molar-refractivity contribution in [2.45, 2.75) is 25.4 Å². The van der Waals surface area contributed by atoms with Crippen LogP contribution >= 0.6 is 0 Å². The Labute approximate surface area is 166 Å². The molecule has 7 heteroatoms. The molecule has 1 N–H and O–H groups in total. The molecule has 1 aliphatic heterocycles. The van der Waals surface area contributed by atoms with Crippen molar-refractivity contribution < 1.29 is 13.6 Å². The lowest BCUT2D eigenvalue weighted by molar-refractivity contribution is -0.132. The van der Waals surface area contributed by atoms with E-state index in [1.54, 1.807) is 32.1 Å². The number of halogens is 2. The van der Waals surface area contributed by atoms with Crippen molar-refractivity contribution in [2.24, 2.45) is 7.05 Å². The summed E-state index contributed by atoms with van der Waals surface area (Å²) in [4.78, 5) is 27.1. The number of fused-ring (bicyclic) bond motifs is 2. The lowest BCUT2D eigenvalue weighted by atomic mass is 10.00. The summed E-state index contributed by atoms with van der Waals surface area (Å²) in [6, 6.07) is 8.86. The van der Waals surface area contributed by atoms with Gasteiger partial charge in [0.25, 0.3) is 5.56 Å². The SMILES string of the molecule is C[C@H](c1cn(C)c(=O)c2cc(F)c(F)cc12)N(C)C(=O)[C@@H]1Cc2ccccc2N1. The highest BCUT2D eigenvalue weighted by Crippen LogP contribution is 2.30. The molecular weight excluding hydrogens is 376 g/mol. The third-order valence-electron chi connectivity index (χ3n) is 5.70. The highest BCUT2D eigenvalue weighted by Gasteiger charge is 2.31. The summed E-state index contributed by atoms with van der Waals surface area (Å²) in [6.45, 7) is 1.81. The predicted octanol–water partition coefficient (Wildman–Crippen LogP) is 3.37. The molecule has 0 radical (unpaired) electrons. The molecule has 0 fully saturated rings. The zero-order valence-electron chi connectivity index (χ0n) is 16.4. The molecule has 2 atom stereocenters. The Bertz CT molecular complexity index is 1160. The highest BCUT2D eigenvalue weighted by molar-refractivity contribution is 5.89. The maximum absolute atomic E-state index is 13.9. The van der Waals surface area contributed by atoms with Crippen LogP contribution in [0.2, 0.25) is 0 Å². The van der Waals surface area contributed by atoms with Gasteiger partial charge in [-0.1, -0.05) is 18.2 Å². The van der Waals surface area contributed by atoms with E-state index in [2.05, 4.69) is 5.32 Å². The second-order valence-corrected chi connectivity index (χ2v) is 7.50.